The number of fused-ring (bicyclic) bond motifs is 9. The van der Waals surface area contributed by atoms with Gasteiger partial charge in [-0.15, -0.1) is 11.3 Å². The van der Waals surface area contributed by atoms with E-state index >= 15 is 0 Å². The Morgan fingerprint density at radius 2 is 1.21 bits per heavy atom. The van der Waals surface area contributed by atoms with Crippen molar-refractivity contribution in [3.63, 3.8) is 0 Å². The minimum Gasteiger partial charge on any atom is -0.460 e. The highest BCUT2D eigenvalue weighted by molar-refractivity contribution is 7.25. The maximum atomic E-state index is 6.91. The molecule has 0 radical (unpaired) electrons. The number of hydrogen-bond donors (Lipinski definition) is 0. The number of allylic oxidation sites excluding steroid dienone is 1. The van der Waals surface area contributed by atoms with Crippen LogP contribution in [0.4, 0.5) is 0 Å². The van der Waals surface area contributed by atoms with Gasteiger partial charge in [0.2, 0.25) is 0 Å². The number of thiophene rings is 1. The fraction of sp³-hybridized carbons (Fsp3) is 0.0566. The predicted octanol–water partition coefficient (Wildman–Crippen LogP) is 14.5. The lowest BCUT2D eigenvalue weighted by Crippen LogP contribution is -2.11. The second-order valence-electron chi connectivity index (χ2n) is 15.3. The average molecular weight is 762 g/mol. The number of rotatable bonds is 5. The Morgan fingerprint density at radius 3 is 1.97 bits per heavy atom. The lowest BCUT2D eigenvalue weighted by atomic mass is 9.90. The van der Waals surface area contributed by atoms with E-state index in [9.17, 15) is 0 Å². The minimum absolute atomic E-state index is 0.119. The van der Waals surface area contributed by atoms with Crippen molar-refractivity contribution in [2.24, 2.45) is 0 Å². The molecule has 11 aromatic rings. The zero-order valence-corrected chi connectivity index (χ0v) is 32.5. The van der Waals surface area contributed by atoms with Crippen molar-refractivity contribution in [1.82, 2.24) is 14.5 Å². The topological polar surface area (TPSA) is 43.9 Å². The van der Waals surface area contributed by atoms with E-state index in [-0.39, 0.29) is 5.92 Å². The fourth-order valence-corrected chi connectivity index (χ4v) is 10.2. The van der Waals surface area contributed by atoms with Crippen molar-refractivity contribution < 1.29 is 4.42 Å². The van der Waals surface area contributed by atoms with Crippen molar-refractivity contribution in [2.45, 2.75) is 19.3 Å². The summed E-state index contributed by atoms with van der Waals surface area (Å²) in [7, 11) is 0. The third-order valence-corrected chi connectivity index (χ3v) is 13.0. The van der Waals surface area contributed by atoms with Gasteiger partial charge in [-0.3, -0.25) is 0 Å². The summed E-state index contributed by atoms with van der Waals surface area (Å²) < 4.78 is 11.9. The Morgan fingerprint density at radius 1 is 0.552 bits per heavy atom. The number of hydrogen-bond acceptors (Lipinski definition) is 4. The van der Waals surface area contributed by atoms with Crippen LogP contribution >= 0.6 is 11.3 Å². The number of aromatic nitrogens is 3. The largest absolute Gasteiger partial charge is 0.460 e. The first-order valence-electron chi connectivity index (χ1n) is 19.8. The van der Waals surface area contributed by atoms with Crippen molar-refractivity contribution >= 4 is 70.4 Å². The van der Waals surface area contributed by atoms with Gasteiger partial charge >= 0.3 is 0 Å². The Balaban J connectivity index is 1.00. The molecule has 7 aromatic carbocycles. The summed E-state index contributed by atoms with van der Waals surface area (Å²) in [6.45, 7) is 2.13. The van der Waals surface area contributed by atoms with Crippen LogP contribution in [0.25, 0.3) is 98.4 Å². The molecule has 5 heteroatoms. The normalized spacial score (nSPS) is 14.0. The molecular weight excluding hydrogens is 727 g/mol. The molecule has 0 aliphatic heterocycles. The molecule has 58 heavy (non-hydrogen) atoms. The van der Waals surface area contributed by atoms with Crippen LogP contribution in [0.15, 0.2) is 174 Å². The minimum atomic E-state index is -0.119. The second kappa shape index (κ2) is 13.0. The molecule has 12 rings (SSSR count). The van der Waals surface area contributed by atoms with Crippen LogP contribution in [0.1, 0.15) is 35.1 Å². The lowest BCUT2D eigenvalue weighted by Gasteiger charge is -2.20. The van der Waals surface area contributed by atoms with Gasteiger partial charge in [-0.1, -0.05) is 121 Å². The van der Waals surface area contributed by atoms with Gasteiger partial charge in [0, 0.05) is 64.3 Å². The molecule has 1 unspecified atom stereocenters. The highest BCUT2D eigenvalue weighted by Crippen LogP contribution is 2.44. The van der Waals surface area contributed by atoms with Crippen molar-refractivity contribution in [3.8, 4) is 39.3 Å². The van der Waals surface area contributed by atoms with Crippen molar-refractivity contribution in [3.05, 3.63) is 193 Å². The van der Waals surface area contributed by atoms with Crippen molar-refractivity contribution in [1.29, 1.82) is 0 Å². The van der Waals surface area contributed by atoms with E-state index in [1.54, 1.807) is 0 Å². The molecule has 4 aromatic heterocycles. The first kappa shape index (κ1) is 33.1. The molecule has 4 nitrogen and oxygen atoms in total. The standard InChI is InChI=1S/C53H35N3OS/c1-32-50(33-14-5-2-6-15-33)54-53(55-51(32)34-16-7-3-8-17-34)41-22-13-21-40-38-26-24-36(29-47(38)57-52(40)41)35-25-27-45-42(28-35)43-30-44-39-20-11-12-23-48(39)58-49(44)31-46(43)56(45)37-18-9-4-10-19-37/h2-21,23-31,41H,22H2,1H3. The van der Waals surface area contributed by atoms with Gasteiger partial charge in [0.1, 0.15) is 17.2 Å². The molecule has 274 valence electrons. The van der Waals surface area contributed by atoms with E-state index in [4.69, 9.17) is 14.4 Å². The van der Waals surface area contributed by atoms with E-state index in [0.717, 1.165) is 79.4 Å². The van der Waals surface area contributed by atoms with Crippen molar-refractivity contribution in [2.75, 3.05) is 0 Å². The quantitative estimate of drug-likeness (QED) is 0.175. The zero-order valence-electron chi connectivity index (χ0n) is 31.7. The number of benzene rings is 7. The van der Waals surface area contributed by atoms with Gasteiger partial charge in [-0.2, -0.15) is 0 Å². The lowest BCUT2D eigenvalue weighted by molar-refractivity contribution is 0.506. The average Bonchev–Trinajstić information content (AvgIpc) is 3.95. The highest BCUT2D eigenvalue weighted by atomic mass is 32.1. The molecule has 0 N–H and O–H groups in total. The Bertz CT molecular complexity index is 3370. The molecule has 0 fully saturated rings. The van der Waals surface area contributed by atoms with Crippen LogP contribution in [0, 0.1) is 6.92 Å². The summed E-state index contributed by atoms with van der Waals surface area (Å²) in [6.07, 6.45) is 5.22. The number of nitrogens with zero attached hydrogens (tertiary/aromatic N) is 3. The van der Waals surface area contributed by atoms with Crippen LogP contribution in [0.5, 0.6) is 0 Å². The summed E-state index contributed by atoms with van der Waals surface area (Å²) in [4.78, 5) is 10.6. The molecule has 1 aliphatic rings. The molecule has 0 saturated carbocycles. The first-order valence-corrected chi connectivity index (χ1v) is 20.7. The zero-order chi connectivity index (χ0) is 38.3. The smallest absolute Gasteiger partial charge is 0.140 e. The van der Waals surface area contributed by atoms with E-state index in [1.165, 1.54) is 42.0 Å². The van der Waals surface area contributed by atoms with Gasteiger partial charge in [0.15, 0.2) is 0 Å². The van der Waals surface area contributed by atoms with Gasteiger partial charge < -0.3 is 8.98 Å². The Labute approximate surface area is 339 Å². The van der Waals surface area contributed by atoms with E-state index in [0.29, 0.717) is 0 Å². The SMILES string of the molecule is Cc1c(-c2ccccc2)nc(C2CC=Cc3c2oc2cc(-c4ccc5c(c4)c4cc6c(cc4n5-c4ccccc4)sc4ccccc46)ccc32)nc1-c1ccccc1. The third-order valence-electron chi connectivity index (χ3n) is 11.9. The van der Waals surface area contributed by atoms with Gasteiger partial charge in [0.25, 0.3) is 0 Å². The summed E-state index contributed by atoms with van der Waals surface area (Å²) in [5.74, 6) is 1.58. The Kier molecular flexibility index (Phi) is 7.41. The molecule has 1 atom stereocenters. The van der Waals surface area contributed by atoms with E-state index in [2.05, 4.69) is 175 Å². The summed E-state index contributed by atoms with van der Waals surface area (Å²) in [5.41, 5.74) is 13.0. The highest BCUT2D eigenvalue weighted by Gasteiger charge is 2.29. The summed E-state index contributed by atoms with van der Waals surface area (Å²) in [5, 5.41) is 6.20. The Hall–Kier alpha value is -7.08. The molecule has 0 spiro atoms. The van der Waals surface area contributed by atoms with Gasteiger partial charge in [0.05, 0.1) is 28.3 Å². The molecule has 0 amide bonds. The third kappa shape index (κ3) is 5.13. The van der Waals surface area contributed by atoms with Crippen LogP contribution in [-0.2, 0) is 0 Å². The maximum Gasteiger partial charge on any atom is 0.140 e. The molecule has 0 bridgehead atoms. The predicted molar refractivity (Wildman–Crippen MR) is 242 cm³/mol. The van der Waals surface area contributed by atoms with Gasteiger partial charge in [-0.05, 0) is 79.1 Å². The molecule has 4 heterocycles. The van der Waals surface area contributed by atoms with Crippen LogP contribution in [0.3, 0.4) is 0 Å². The molecular formula is C53H35N3OS. The molecule has 0 saturated heterocycles. The summed E-state index contributed by atoms with van der Waals surface area (Å²) >= 11 is 1.86. The number of para-hydroxylation sites is 1. The fourth-order valence-electron chi connectivity index (χ4n) is 9.11. The second-order valence-corrected chi connectivity index (χ2v) is 16.4. The van der Waals surface area contributed by atoms with E-state index < -0.39 is 0 Å². The van der Waals surface area contributed by atoms with Crippen LogP contribution in [-0.4, -0.2) is 14.5 Å². The van der Waals surface area contributed by atoms with E-state index in [1.807, 2.05) is 23.5 Å². The van der Waals surface area contributed by atoms with Crippen LogP contribution in [0.2, 0.25) is 0 Å². The first-order chi connectivity index (χ1) is 28.7. The number of furan rings is 1. The monoisotopic (exact) mass is 761 g/mol. The summed E-state index contributed by atoms with van der Waals surface area (Å²) in [6, 6.07) is 58.7. The molecule has 1 aliphatic carbocycles. The van der Waals surface area contributed by atoms with Gasteiger partial charge in [-0.25, -0.2) is 9.97 Å². The van der Waals surface area contributed by atoms with Crippen LogP contribution < -0.4 is 0 Å². The maximum absolute atomic E-state index is 6.91.